The lowest BCUT2D eigenvalue weighted by Gasteiger charge is -2.05. The minimum Gasteiger partial charge on any atom is -0.496 e. The van der Waals surface area contributed by atoms with Crippen LogP contribution in [0.4, 0.5) is 4.39 Å². The Morgan fingerprint density at radius 3 is 2.76 bits per heavy atom. The molecule has 0 saturated heterocycles. The number of ether oxygens (including phenoxy) is 1. The number of oxazole rings is 1. The number of nitrogens with zero attached hydrogens (tertiary/aromatic N) is 1. The number of halogens is 1. The van der Waals surface area contributed by atoms with Gasteiger partial charge in [-0.15, -0.1) is 0 Å². The Kier molecular flexibility index (Phi) is 4.26. The average Bonchev–Trinajstić information content (AvgIpc) is 2.81. The third kappa shape index (κ3) is 3.04. The van der Waals surface area contributed by atoms with E-state index in [9.17, 15) is 14.3 Å². The van der Waals surface area contributed by atoms with Crippen LogP contribution in [-0.2, 0) is 6.42 Å². The third-order valence-electron chi connectivity index (χ3n) is 2.90. The molecular formula is C15H16FNO4. The molecule has 0 unspecified atom stereocenters. The number of carboxylic acid groups (broad SMARTS) is 1. The second kappa shape index (κ2) is 5.95. The summed E-state index contributed by atoms with van der Waals surface area (Å²) in [5.74, 6) is -1.71. The van der Waals surface area contributed by atoms with Crippen LogP contribution < -0.4 is 4.74 Å². The molecule has 6 heteroatoms. The fourth-order valence-electron chi connectivity index (χ4n) is 2.03. The molecule has 0 bridgehead atoms. The van der Waals surface area contributed by atoms with E-state index < -0.39 is 11.8 Å². The molecule has 0 atom stereocenters. The molecule has 112 valence electrons. The lowest BCUT2D eigenvalue weighted by atomic mass is 10.1. The van der Waals surface area contributed by atoms with Gasteiger partial charge in [0.2, 0.25) is 11.7 Å². The van der Waals surface area contributed by atoms with Crippen molar-refractivity contribution >= 4 is 5.97 Å². The van der Waals surface area contributed by atoms with Crippen LogP contribution in [0.25, 0.3) is 11.5 Å². The van der Waals surface area contributed by atoms with Gasteiger partial charge < -0.3 is 14.3 Å². The summed E-state index contributed by atoms with van der Waals surface area (Å²) in [7, 11) is 1.40. The minimum absolute atomic E-state index is 0.0255. The van der Waals surface area contributed by atoms with Crippen LogP contribution >= 0.6 is 0 Å². The van der Waals surface area contributed by atoms with Crippen LogP contribution in [0.2, 0.25) is 0 Å². The highest BCUT2D eigenvalue weighted by atomic mass is 19.1. The van der Waals surface area contributed by atoms with Crippen molar-refractivity contribution in [3.8, 4) is 17.2 Å². The maximum absolute atomic E-state index is 14.0. The number of hydrogen-bond acceptors (Lipinski definition) is 4. The summed E-state index contributed by atoms with van der Waals surface area (Å²) >= 11 is 0. The molecular weight excluding hydrogens is 277 g/mol. The Morgan fingerprint density at radius 1 is 1.48 bits per heavy atom. The van der Waals surface area contributed by atoms with E-state index in [4.69, 9.17) is 9.15 Å². The average molecular weight is 293 g/mol. The Hall–Kier alpha value is -2.37. The topological polar surface area (TPSA) is 72.6 Å². The zero-order chi connectivity index (χ0) is 15.6. The summed E-state index contributed by atoms with van der Waals surface area (Å²) in [5, 5.41) is 9.18. The van der Waals surface area contributed by atoms with E-state index in [0.717, 1.165) is 0 Å². The van der Waals surface area contributed by atoms with E-state index in [1.165, 1.54) is 19.2 Å². The standard InChI is InChI=1S/C15H16FNO4/c1-8(2)7-10-13(15(18)19)21-14(17-10)12-9(16)5-4-6-11(12)20-3/h4-6,8H,7H2,1-3H3,(H,18,19). The van der Waals surface area contributed by atoms with E-state index in [0.29, 0.717) is 12.1 Å². The molecule has 2 aromatic rings. The van der Waals surface area contributed by atoms with Crippen LogP contribution in [-0.4, -0.2) is 23.2 Å². The first-order valence-electron chi connectivity index (χ1n) is 6.50. The van der Waals surface area contributed by atoms with Crippen molar-refractivity contribution in [2.24, 2.45) is 5.92 Å². The highest BCUT2D eigenvalue weighted by Gasteiger charge is 2.24. The first-order valence-corrected chi connectivity index (χ1v) is 6.50. The molecule has 1 aromatic carbocycles. The van der Waals surface area contributed by atoms with Crippen LogP contribution in [0.5, 0.6) is 5.75 Å². The minimum atomic E-state index is -1.22. The van der Waals surface area contributed by atoms with E-state index in [-0.39, 0.29) is 28.9 Å². The SMILES string of the molecule is COc1cccc(F)c1-c1nc(CC(C)C)c(C(=O)O)o1. The molecule has 0 fully saturated rings. The molecule has 2 rings (SSSR count). The van der Waals surface area contributed by atoms with Crippen molar-refractivity contribution in [2.75, 3.05) is 7.11 Å². The fraction of sp³-hybridized carbons (Fsp3) is 0.333. The first-order chi connectivity index (χ1) is 9.93. The lowest BCUT2D eigenvalue weighted by molar-refractivity contribution is 0.0661. The largest absolute Gasteiger partial charge is 0.496 e. The molecule has 0 radical (unpaired) electrons. The number of hydrogen-bond donors (Lipinski definition) is 1. The molecule has 21 heavy (non-hydrogen) atoms. The maximum atomic E-state index is 14.0. The van der Waals surface area contributed by atoms with Crippen LogP contribution in [0, 0.1) is 11.7 Å². The van der Waals surface area contributed by atoms with Crippen molar-refractivity contribution < 1.29 is 23.4 Å². The molecule has 1 aromatic heterocycles. The van der Waals surface area contributed by atoms with Gasteiger partial charge in [0, 0.05) is 0 Å². The number of benzene rings is 1. The molecule has 0 amide bonds. The Bertz CT molecular complexity index is 664. The molecule has 0 aliphatic heterocycles. The summed E-state index contributed by atoms with van der Waals surface area (Å²) in [6, 6.07) is 4.30. The molecule has 0 aliphatic carbocycles. The Balaban J connectivity index is 2.58. The maximum Gasteiger partial charge on any atom is 0.373 e. The normalized spacial score (nSPS) is 10.9. The van der Waals surface area contributed by atoms with Gasteiger partial charge in [0.05, 0.1) is 12.8 Å². The van der Waals surface area contributed by atoms with Crippen LogP contribution in [0.15, 0.2) is 22.6 Å². The predicted octanol–water partition coefficient (Wildman–Crippen LogP) is 3.39. The second-order valence-electron chi connectivity index (χ2n) is 5.02. The van der Waals surface area contributed by atoms with Gasteiger partial charge in [0.15, 0.2) is 0 Å². The van der Waals surface area contributed by atoms with Gasteiger partial charge in [-0.3, -0.25) is 0 Å². The molecule has 5 nitrogen and oxygen atoms in total. The predicted molar refractivity (Wildman–Crippen MR) is 74.0 cm³/mol. The summed E-state index contributed by atoms with van der Waals surface area (Å²) in [5.41, 5.74) is 0.329. The summed E-state index contributed by atoms with van der Waals surface area (Å²) in [4.78, 5) is 15.4. The number of aromatic carboxylic acids is 1. The highest BCUT2D eigenvalue weighted by molar-refractivity contribution is 5.86. The summed E-state index contributed by atoms with van der Waals surface area (Å²) in [6.45, 7) is 3.87. The van der Waals surface area contributed by atoms with Crippen molar-refractivity contribution in [3.05, 3.63) is 35.5 Å². The number of carboxylic acids is 1. The van der Waals surface area contributed by atoms with E-state index in [2.05, 4.69) is 4.98 Å². The zero-order valence-corrected chi connectivity index (χ0v) is 12.0. The quantitative estimate of drug-likeness (QED) is 0.914. The number of aromatic nitrogens is 1. The molecule has 1 N–H and O–H groups in total. The van der Waals surface area contributed by atoms with Crippen LogP contribution in [0.1, 0.15) is 30.1 Å². The smallest absolute Gasteiger partial charge is 0.373 e. The molecule has 1 heterocycles. The monoisotopic (exact) mass is 293 g/mol. The van der Waals surface area contributed by atoms with Gasteiger partial charge in [0.25, 0.3) is 0 Å². The van der Waals surface area contributed by atoms with Gasteiger partial charge in [-0.25, -0.2) is 14.2 Å². The van der Waals surface area contributed by atoms with Crippen molar-refractivity contribution in [1.29, 1.82) is 0 Å². The van der Waals surface area contributed by atoms with Gasteiger partial charge in [0.1, 0.15) is 17.1 Å². The lowest BCUT2D eigenvalue weighted by Crippen LogP contribution is -2.03. The molecule has 0 spiro atoms. The fourth-order valence-corrected chi connectivity index (χ4v) is 2.03. The van der Waals surface area contributed by atoms with Crippen LogP contribution in [0.3, 0.4) is 0 Å². The molecule has 0 saturated carbocycles. The molecule has 0 aliphatic rings. The van der Waals surface area contributed by atoms with Gasteiger partial charge in [-0.1, -0.05) is 19.9 Å². The number of carbonyl (C=O) groups is 1. The van der Waals surface area contributed by atoms with Gasteiger partial charge in [-0.05, 0) is 24.5 Å². The van der Waals surface area contributed by atoms with Crippen molar-refractivity contribution in [1.82, 2.24) is 4.98 Å². The number of methoxy groups -OCH3 is 1. The van der Waals surface area contributed by atoms with E-state index in [1.807, 2.05) is 13.8 Å². The second-order valence-corrected chi connectivity index (χ2v) is 5.02. The van der Waals surface area contributed by atoms with Gasteiger partial charge in [-0.2, -0.15) is 0 Å². The Morgan fingerprint density at radius 2 is 2.19 bits per heavy atom. The van der Waals surface area contributed by atoms with Crippen molar-refractivity contribution in [2.45, 2.75) is 20.3 Å². The van der Waals surface area contributed by atoms with Gasteiger partial charge >= 0.3 is 5.97 Å². The first kappa shape index (κ1) is 15.0. The zero-order valence-electron chi connectivity index (χ0n) is 12.0. The van der Waals surface area contributed by atoms with E-state index in [1.54, 1.807) is 6.07 Å². The highest BCUT2D eigenvalue weighted by Crippen LogP contribution is 2.33. The third-order valence-corrected chi connectivity index (χ3v) is 2.90. The van der Waals surface area contributed by atoms with Crippen molar-refractivity contribution in [3.63, 3.8) is 0 Å². The Labute approximate surface area is 121 Å². The summed E-state index contributed by atoms with van der Waals surface area (Å²) < 4.78 is 24.3. The number of rotatable bonds is 5. The summed E-state index contributed by atoms with van der Waals surface area (Å²) in [6.07, 6.45) is 0.432. The van der Waals surface area contributed by atoms with E-state index >= 15 is 0 Å².